The number of amides is 1. The molecule has 0 aliphatic rings. The maximum Gasteiger partial charge on any atom is 0.261 e. The molecule has 0 aliphatic heterocycles. The second kappa shape index (κ2) is 7.14. The van der Waals surface area contributed by atoms with Crippen molar-refractivity contribution in [2.75, 3.05) is 0 Å². The van der Waals surface area contributed by atoms with Gasteiger partial charge in [-0.2, -0.15) is 0 Å². The van der Waals surface area contributed by atoms with Crippen molar-refractivity contribution < 1.29 is 9.53 Å². The van der Waals surface area contributed by atoms with E-state index in [-0.39, 0.29) is 5.91 Å². The van der Waals surface area contributed by atoms with Crippen molar-refractivity contribution in [3.63, 3.8) is 0 Å². The zero-order chi connectivity index (χ0) is 15.2. The molecule has 2 rings (SSSR count). The molecule has 0 saturated carbocycles. The molecule has 0 aromatic heterocycles. The van der Waals surface area contributed by atoms with Gasteiger partial charge in [0.25, 0.3) is 5.91 Å². The van der Waals surface area contributed by atoms with E-state index in [0.29, 0.717) is 17.3 Å². The second-order valence-electron chi connectivity index (χ2n) is 4.92. The second-order valence-corrected chi connectivity index (χ2v) is 5.35. The van der Waals surface area contributed by atoms with Gasteiger partial charge in [0.2, 0.25) is 0 Å². The van der Waals surface area contributed by atoms with Gasteiger partial charge in [0.05, 0.1) is 0 Å². The van der Waals surface area contributed by atoms with E-state index in [4.69, 9.17) is 16.3 Å². The summed E-state index contributed by atoms with van der Waals surface area (Å²) in [5.74, 6) is 0.542. The highest BCUT2D eigenvalue weighted by molar-refractivity contribution is 6.30. The summed E-state index contributed by atoms with van der Waals surface area (Å²) >= 11 is 5.82. The van der Waals surface area contributed by atoms with E-state index in [2.05, 4.69) is 5.32 Å². The first-order chi connectivity index (χ1) is 10.0. The first kappa shape index (κ1) is 15.4. The lowest BCUT2D eigenvalue weighted by Crippen LogP contribution is -2.35. The number of aryl methyl sites for hydroxylation is 1. The molecule has 0 bridgehead atoms. The number of carbonyl (C=O) groups excluding carboxylic acids is 1. The summed E-state index contributed by atoms with van der Waals surface area (Å²) in [6.07, 6.45) is -0.542. The molecule has 0 radical (unpaired) electrons. The highest BCUT2D eigenvalue weighted by atomic mass is 35.5. The number of ether oxygens (including phenoxy) is 1. The lowest BCUT2D eigenvalue weighted by atomic mass is 10.2. The third-order valence-electron chi connectivity index (χ3n) is 3.08. The van der Waals surface area contributed by atoms with E-state index in [1.807, 2.05) is 43.3 Å². The van der Waals surface area contributed by atoms with E-state index in [1.165, 1.54) is 0 Å². The Bertz CT molecular complexity index is 593. The van der Waals surface area contributed by atoms with Crippen molar-refractivity contribution in [3.05, 3.63) is 64.7 Å². The molecular weight excluding hydrogens is 286 g/mol. The van der Waals surface area contributed by atoms with Gasteiger partial charge < -0.3 is 10.1 Å². The van der Waals surface area contributed by atoms with Gasteiger partial charge in [0, 0.05) is 11.6 Å². The minimum absolute atomic E-state index is 0.148. The van der Waals surface area contributed by atoms with Crippen molar-refractivity contribution in [3.8, 4) is 5.75 Å². The van der Waals surface area contributed by atoms with Crippen LogP contribution in [0, 0.1) is 6.92 Å². The molecule has 0 heterocycles. The van der Waals surface area contributed by atoms with Crippen LogP contribution in [-0.2, 0) is 11.3 Å². The smallest absolute Gasteiger partial charge is 0.261 e. The minimum Gasteiger partial charge on any atom is -0.481 e. The molecule has 2 aromatic rings. The first-order valence-electron chi connectivity index (χ1n) is 6.80. The molecule has 1 unspecified atom stereocenters. The predicted molar refractivity (Wildman–Crippen MR) is 84.6 cm³/mol. The molecule has 3 nitrogen and oxygen atoms in total. The van der Waals surface area contributed by atoms with Gasteiger partial charge in [-0.1, -0.05) is 41.4 Å². The SMILES string of the molecule is Cc1ccc(OC(C)C(=O)NCc2ccc(Cl)cc2)cc1. The first-order valence-corrected chi connectivity index (χ1v) is 7.18. The van der Waals surface area contributed by atoms with E-state index >= 15 is 0 Å². The average Bonchev–Trinajstić information content (AvgIpc) is 2.48. The van der Waals surface area contributed by atoms with Crippen molar-refractivity contribution >= 4 is 17.5 Å². The fourth-order valence-corrected chi connectivity index (χ4v) is 1.94. The van der Waals surface area contributed by atoms with Crippen LogP contribution in [0.4, 0.5) is 0 Å². The van der Waals surface area contributed by atoms with Gasteiger partial charge >= 0.3 is 0 Å². The molecule has 1 atom stereocenters. The third-order valence-corrected chi connectivity index (χ3v) is 3.34. The molecule has 1 amide bonds. The number of halogens is 1. The Labute approximate surface area is 129 Å². The van der Waals surface area contributed by atoms with Crippen LogP contribution in [0.5, 0.6) is 5.75 Å². The predicted octanol–water partition coefficient (Wildman–Crippen LogP) is 3.73. The van der Waals surface area contributed by atoms with E-state index in [1.54, 1.807) is 19.1 Å². The molecule has 0 aliphatic carbocycles. The Morgan fingerprint density at radius 2 is 1.76 bits per heavy atom. The van der Waals surface area contributed by atoms with Crippen LogP contribution < -0.4 is 10.1 Å². The van der Waals surface area contributed by atoms with Crippen molar-refractivity contribution in [2.45, 2.75) is 26.5 Å². The third kappa shape index (κ3) is 4.80. The number of benzene rings is 2. The summed E-state index contributed by atoms with van der Waals surface area (Å²) in [6, 6.07) is 15.0. The van der Waals surface area contributed by atoms with Gasteiger partial charge in [-0.3, -0.25) is 4.79 Å². The van der Waals surface area contributed by atoms with Crippen molar-refractivity contribution in [2.24, 2.45) is 0 Å². The molecular formula is C17H18ClNO2. The van der Waals surface area contributed by atoms with Crippen LogP contribution in [0.15, 0.2) is 48.5 Å². The highest BCUT2D eigenvalue weighted by Crippen LogP contribution is 2.13. The largest absolute Gasteiger partial charge is 0.481 e. The van der Waals surface area contributed by atoms with Gasteiger partial charge in [0.15, 0.2) is 6.10 Å². The number of carbonyl (C=O) groups is 1. The average molecular weight is 304 g/mol. The van der Waals surface area contributed by atoms with Gasteiger partial charge in [-0.25, -0.2) is 0 Å². The van der Waals surface area contributed by atoms with Gasteiger partial charge in [-0.15, -0.1) is 0 Å². The number of nitrogens with one attached hydrogen (secondary N) is 1. The quantitative estimate of drug-likeness (QED) is 0.914. The van der Waals surface area contributed by atoms with Crippen LogP contribution in [0.25, 0.3) is 0 Å². The fraction of sp³-hybridized carbons (Fsp3) is 0.235. The Kier molecular flexibility index (Phi) is 5.23. The number of rotatable bonds is 5. The normalized spacial score (nSPS) is 11.8. The van der Waals surface area contributed by atoms with E-state index in [9.17, 15) is 4.79 Å². The monoisotopic (exact) mass is 303 g/mol. The Balaban J connectivity index is 1.84. The maximum absolute atomic E-state index is 12.0. The minimum atomic E-state index is -0.542. The van der Waals surface area contributed by atoms with Crippen LogP contribution >= 0.6 is 11.6 Å². The van der Waals surface area contributed by atoms with Gasteiger partial charge in [0.1, 0.15) is 5.75 Å². The molecule has 0 spiro atoms. The summed E-state index contributed by atoms with van der Waals surface area (Å²) in [5, 5.41) is 3.52. The number of hydrogen-bond acceptors (Lipinski definition) is 2. The van der Waals surface area contributed by atoms with Crippen molar-refractivity contribution in [1.29, 1.82) is 0 Å². The zero-order valence-corrected chi connectivity index (χ0v) is 12.9. The lowest BCUT2D eigenvalue weighted by Gasteiger charge is -2.15. The molecule has 0 saturated heterocycles. The van der Waals surface area contributed by atoms with Gasteiger partial charge in [-0.05, 0) is 43.7 Å². The van der Waals surface area contributed by atoms with E-state index in [0.717, 1.165) is 11.1 Å². The maximum atomic E-state index is 12.0. The topological polar surface area (TPSA) is 38.3 Å². The number of hydrogen-bond donors (Lipinski definition) is 1. The van der Waals surface area contributed by atoms with Crippen LogP contribution in [0.2, 0.25) is 5.02 Å². The van der Waals surface area contributed by atoms with E-state index < -0.39 is 6.10 Å². The summed E-state index contributed by atoms with van der Waals surface area (Å²) in [7, 11) is 0. The van der Waals surface area contributed by atoms with Crippen LogP contribution in [-0.4, -0.2) is 12.0 Å². The zero-order valence-electron chi connectivity index (χ0n) is 12.1. The molecule has 0 fully saturated rings. The van der Waals surface area contributed by atoms with Crippen LogP contribution in [0.1, 0.15) is 18.1 Å². The molecule has 110 valence electrons. The summed E-state index contributed by atoms with van der Waals surface area (Å²) < 4.78 is 5.61. The van der Waals surface area contributed by atoms with Crippen LogP contribution in [0.3, 0.4) is 0 Å². The molecule has 21 heavy (non-hydrogen) atoms. The van der Waals surface area contributed by atoms with Crippen molar-refractivity contribution in [1.82, 2.24) is 5.32 Å². The summed E-state index contributed by atoms with van der Waals surface area (Å²) in [6.45, 7) is 4.20. The summed E-state index contributed by atoms with van der Waals surface area (Å²) in [4.78, 5) is 12.0. The fourth-order valence-electron chi connectivity index (χ4n) is 1.81. The lowest BCUT2D eigenvalue weighted by molar-refractivity contribution is -0.127. The Hall–Kier alpha value is -2.00. The Morgan fingerprint density at radius 1 is 1.14 bits per heavy atom. The Morgan fingerprint density at radius 3 is 2.38 bits per heavy atom. The molecule has 1 N–H and O–H groups in total. The molecule has 4 heteroatoms. The summed E-state index contributed by atoms with van der Waals surface area (Å²) in [5.41, 5.74) is 2.15. The molecule has 2 aromatic carbocycles. The highest BCUT2D eigenvalue weighted by Gasteiger charge is 2.14. The standard InChI is InChI=1S/C17H18ClNO2/c1-12-3-9-16(10-4-12)21-13(2)17(20)19-11-14-5-7-15(18)8-6-14/h3-10,13H,11H2,1-2H3,(H,19,20).